The molecule has 11 rings (SSSR count). The molecule has 20 N–H and O–H groups in total. The zero-order chi connectivity index (χ0) is 76.8. The van der Waals surface area contributed by atoms with E-state index < -0.39 is 20.0 Å². The van der Waals surface area contributed by atoms with Gasteiger partial charge in [-0.15, -0.1) is 12.4 Å². The molecule has 0 bridgehead atoms. The summed E-state index contributed by atoms with van der Waals surface area (Å²) in [4.78, 5) is 32.6. The minimum Gasteiger partial charge on any atom is -0.506 e. The monoisotopic (exact) mass is 1500 g/mol. The predicted molar refractivity (Wildman–Crippen MR) is 432 cm³/mol. The quantitative estimate of drug-likeness (QED) is 0.0243. The Morgan fingerprint density at radius 2 is 0.933 bits per heavy atom. The van der Waals surface area contributed by atoms with Gasteiger partial charge in [0.05, 0.1) is 58.0 Å². The maximum Gasteiger partial charge on any atom is 0.255 e. The van der Waals surface area contributed by atoms with E-state index in [4.69, 9.17) is 33.1 Å². The molecule has 105 heavy (non-hydrogen) atoms. The first-order chi connectivity index (χ1) is 49.1. The molecule has 0 radical (unpaired) electrons. The van der Waals surface area contributed by atoms with Crippen molar-refractivity contribution in [2.45, 2.75) is 46.1 Å². The number of benzene rings is 9. The lowest BCUT2D eigenvalue weighted by Gasteiger charge is -2.19. The second-order valence-corrected chi connectivity index (χ2v) is 27.9. The number of nitrogens with two attached hydrogens (primary N) is 4. The minimum absolute atomic E-state index is 0. The fourth-order valence-electron chi connectivity index (χ4n) is 9.85. The summed E-state index contributed by atoms with van der Waals surface area (Å²) in [6.45, 7) is 8.80. The SMILES string of the molecule is CC(=O)Nc1ccc(O)c(N)c1.CCN(C)c1ccc(O)c(N)c1.CN(C)c1ccc(O)c(N(C)C)c1.CS(=O)(=O)Nc1cc(N2CCCC2)ccc1O.CS(=O)(=O)Nc1ccc(O)c(N2CCCC2)c1.Cl.Nc1cc(NC(=O)c2ccccc2)ccc1O.Nc1ccc(O)c(NCc2ccccc2)c1. The summed E-state index contributed by atoms with van der Waals surface area (Å²) >= 11 is 0. The standard InChI is InChI=1S/C13H12N2O2.C13H14N2O.2C11H16N2O3S.C10H16N2O.C9H14N2O.C8H10N2O2.ClH/c14-11-8-10(6-7-12(11)16)15-13(17)9-4-2-1-3-5-9;14-11-6-7-13(16)12(8-11)15-9-10-4-2-1-3-5-10;1-17(15,16)12-10-8-9(4-5-11(10)14)13-6-2-3-7-13;1-17(15,16)12-9-4-5-11(14)10(8-9)13-6-2-3-7-13;1-11(2)8-5-6-10(13)9(7-8)12(3)4;1-3-11(2)7-4-5-9(12)8(10)6-7;1-5(11)10-6-2-3-8(12)7(9)4-6;/h1-8,16H,14H2,(H,15,17);1-8,15-16H,9,14H2;2*4-5,8,12,14H,2-3,6-7H2,1H3;5-7,13H,1-4H3;4-6,12H,3,10H2,1-2H3;2-4,12H,9H2,1H3,(H,10,11);1H. The fraction of sp³-hybridized carbons (Fsp3) is 0.253. The molecule has 0 atom stereocenters. The van der Waals surface area contributed by atoms with E-state index >= 15 is 0 Å². The van der Waals surface area contributed by atoms with Gasteiger partial charge < -0.3 is 99.1 Å². The topological polar surface area (TPSA) is 424 Å². The van der Waals surface area contributed by atoms with Crippen LogP contribution in [0.2, 0.25) is 0 Å². The highest BCUT2D eigenvalue weighted by Crippen LogP contribution is 2.35. The molecular formula is C75H99ClN14O13S2. The van der Waals surface area contributed by atoms with E-state index in [0.29, 0.717) is 57.7 Å². The molecule has 2 amide bonds. The first-order valence-corrected chi connectivity index (χ1v) is 36.6. The van der Waals surface area contributed by atoms with Crippen molar-refractivity contribution in [3.05, 3.63) is 199 Å². The number of carbonyl (C=O) groups is 2. The predicted octanol–water partition coefficient (Wildman–Crippen LogP) is 11.9. The Balaban J connectivity index is 0.000000260. The first kappa shape index (κ1) is 85.7. The number of rotatable bonds is 16. The van der Waals surface area contributed by atoms with Gasteiger partial charge in [-0.05, 0) is 178 Å². The number of nitrogens with one attached hydrogen (secondary N) is 5. The number of phenolic OH excluding ortho intramolecular Hbond substituents is 7. The molecule has 27 nitrogen and oxygen atoms in total. The molecule has 2 heterocycles. The molecule has 2 aliphatic heterocycles. The number of hydrogen-bond donors (Lipinski definition) is 16. The number of nitrogen functional groups attached to an aromatic ring is 4. The van der Waals surface area contributed by atoms with Gasteiger partial charge in [0.25, 0.3) is 5.91 Å². The Labute approximate surface area is 621 Å². The molecule has 0 spiro atoms. The van der Waals surface area contributed by atoms with Gasteiger partial charge in [0.2, 0.25) is 26.0 Å². The molecule has 566 valence electrons. The summed E-state index contributed by atoms with van der Waals surface area (Å²) in [5.41, 5.74) is 32.4. The number of halogens is 1. The Bertz CT molecular complexity index is 4480. The van der Waals surface area contributed by atoms with E-state index in [1.165, 1.54) is 43.3 Å². The number of anilines is 14. The van der Waals surface area contributed by atoms with Crippen molar-refractivity contribution < 1.29 is 62.2 Å². The van der Waals surface area contributed by atoms with Crippen LogP contribution in [0.4, 0.5) is 79.6 Å². The molecule has 9 aromatic carbocycles. The van der Waals surface area contributed by atoms with Crippen molar-refractivity contribution in [2.75, 3.05) is 153 Å². The van der Waals surface area contributed by atoms with Gasteiger partial charge in [0.15, 0.2) is 0 Å². The molecule has 2 saturated heterocycles. The number of nitrogens with zero attached hydrogens (tertiary/aromatic N) is 5. The van der Waals surface area contributed by atoms with Crippen LogP contribution in [0.5, 0.6) is 40.2 Å². The van der Waals surface area contributed by atoms with Crippen LogP contribution in [0, 0.1) is 0 Å². The van der Waals surface area contributed by atoms with E-state index in [2.05, 4.69) is 47.0 Å². The zero-order valence-corrected chi connectivity index (χ0v) is 62.8. The molecule has 0 unspecified atom stereocenters. The second kappa shape index (κ2) is 41.4. The highest BCUT2D eigenvalue weighted by Gasteiger charge is 2.18. The third-order valence-electron chi connectivity index (χ3n) is 15.4. The van der Waals surface area contributed by atoms with Crippen LogP contribution in [0.3, 0.4) is 0 Å². The van der Waals surface area contributed by atoms with Crippen molar-refractivity contribution in [2.24, 2.45) is 0 Å². The highest BCUT2D eigenvalue weighted by atomic mass is 35.5. The van der Waals surface area contributed by atoms with Crippen molar-refractivity contribution in [3.63, 3.8) is 0 Å². The number of amides is 2. The molecule has 2 aliphatic rings. The Hall–Kier alpha value is -11.7. The van der Waals surface area contributed by atoms with Crippen LogP contribution in [-0.4, -0.2) is 145 Å². The maximum absolute atomic E-state index is 11.8. The number of sulfonamides is 2. The Morgan fingerprint density at radius 3 is 1.45 bits per heavy atom. The fourth-order valence-corrected chi connectivity index (χ4v) is 11.0. The smallest absolute Gasteiger partial charge is 0.255 e. The molecule has 0 aromatic heterocycles. The molecule has 0 aliphatic carbocycles. The Morgan fingerprint density at radius 1 is 0.467 bits per heavy atom. The van der Waals surface area contributed by atoms with Crippen molar-refractivity contribution in [1.82, 2.24) is 0 Å². The average Bonchev–Trinajstić information content (AvgIpc) is 1.83. The minimum atomic E-state index is -3.37. The summed E-state index contributed by atoms with van der Waals surface area (Å²) in [6, 6.07) is 53.4. The lowest BCUT2D eigenvalue weighted by atomic mass is 10.2. The number of aromatic hydroxyl groups is 7. The third kappa shape index (κ3) is 30.0. The van der Waals surface area contributed by atoms with E-state index in [-0.39, 0.29) is 75.8 Å². The van der Waals surface area contributed by atoms with Crippen LogP contribution in [-0.2, 0) is 31.4 Å². The molecule has 30 heteroatoms. The van der Waals surface area contributed by atoms with Crippen molar-refractivity contribution >= 4 is 124 Å². The number of carbonyl (C=O) groups excluding carboxylic acids is 2. The van der Waals surface area contributed by atoms with Gasteiger partial charge in [-0.1, -0.05) is 48.5 Å². The van der Waals surface area contributed by atoms with E-state index in [1.807, 2.05) is 99.6 Å². The first-order valence-electron chi connectivity index (χ1n) is 32.9. The van der Waals surface area contributed by atoms with Crippen molar-refractivity contribution in [3.8, 4) is 40.2 Å². The van der Waals surface area contributed by atoms with Crippen LogP contribution in [0.1, 0.15) is 55.5 Å². The van der Waals surface area contributed by atoms with Gasteiger partial charge in [-0.3, -0.25) is 19.0 Å². The molecule has 0 saturated carbocycles. The normalized spacial score (nSPS) is 11.8. The lowest BCUT2D eigenvalue weighted by Crippen LogP contribution is -2.18. The van der Waals surface area contributed by atoms with E-state index in [0.717, 1.165) is 99.2 Å². The number of phenols is 7. The molecular weight excluding hydrogens is 1400 g/mol. The number of hydrogen-bond acceptors (Lipinski definition) is 23. The van der Waals surface area contributed by atoms with Gasteiger partial charge >= 0.3 is 0 Å². The lowest BCUT2D eigenvalue weighted by molar-refractivity contribution is -0.114. The van der Waals surface area contributed by atoms with Crippen LogP contribution in [0.15, 0.2) is 188 Å². The summed E-state index contributed by atoms with van der Waals surface area (Å²) < 4.78 is 49.3. The van der Waals surface area contributed by atoms with Crippen molar-refractivity contribution in [1.29, 1.82) is 0 Å². The largest absolute Gasteiger partial charge is 0.506 e. The van der Waals surface area contributed by atoms with Gasteiger partial charge in [-0.25, -0.2) is 16.8 Å². The average molecular weight is 1500 g/mol. The molecule has 2 fully saturated rings. The third-order valence-corrected chi connectivity index (χ3v) is 16.6. The second-order valence-electron chi connectivity index (χ2n) is 24.4. The van der Waals surface area contributed by atoms with Crippen LogP contribution < -0.4 is 72.8 Å². The maximum atomic E-state index is 11.8. The van der Waals surface area contributed by atoms with Crippen LogP contribution >= 0.6 is 12.4 Å². The summed E-state index contributed by atoms with van der Waals surface area (Å²) in [7, 11) is 3.11. The van der Waals surface area contributed by atoms with Gasteiger partial charge in [0.1, 0.15) is 40.2 Å². The van der Waals surface area contributed by atoms with Crippen LogP contribution in [0.25, 0.3) is 0 Å². The van der Waals surface area contributed by atoms with E-state index in [9.17, 15) is 52.0 Å². The summed E-state index contributed by atoms with van der Waals surface area (Å²) in [5.74, 6) is 0.441. The summed E-state index contributed by atoms with van der Waals surface area (Å²) in [6.07, 6.45) is 6.67. The van der Waals surface area contributed by atoms with Gasteiger partial charge in [-0.2, -0.15) is 0 Å². The Kier molecular flexibility index (Phi) is 33.8. The molecule has 9 aromatic rings. The highest BCUT2D eigenvalue weighted by molar-refractivity contribution is 7.92. The zero-order valence-electron chi connectivity index (χ0n) is 60.3. The summed E-state index contributed by atoms with van der Waals surface area (Å²) in [5, 5.41) is 74.3. The van der Waals surface area contributed by atoms with E-state index in [1.54, 1.807) is 97.1 Å². The van der Waals surface area contributed by atoms with Gasteiger partial charge in [0, 0.05) is 121 Å².